The summed E-state index contributed by atoms with van der Waals surface area (Å²) in [5.41, 5.74) is 0. The lowest BCUT2D eigenvalue weighted by Gasteiger charge is -2.42. The number of carbonyl (C=O) groups excluding carboxylic acids is 6. The van der Waals surface area contributed by atoms with E-state index in [1.165, 1.54) is 21.1 Å². The van der Waals surface area contributed by atoms with Gasteiger partial charge in [-0.25, -0.2) is 14.4 Å². The molecule has 30 atom stereocenters. The molecule has 0 aromatic rings. The van der Waals surface area contributed by atoms with Crippen LogP contribution in [0.25, 0.3) is 0 Å². The molecule has 0 spiro atoms. The molecular formula is C69H123N3O39. The molecule has 15 N–H and O–H groups in total. The second-order valence-corrected chi connectivity index (χ2v) is 27.7. The maximum absolute atomic E-state index is 12.4. The molecule has 0 aliphatic carbocycles. The van der Waals surface area contributed by atoms with Crippen LogP contribution in [0.2, 0.25) is 0 Å². The van der Waals surface area contributed by atoms with Gasteiger partial charge >= 0.3 is 17.9 Å². The van der Waals surface area contributed by atoms with Crippen LogP contribution in [-0.2, 0) is 128 Å². The van der Waals surface area contributed by atoms with Crippen molar-refractivity contribution in [1.82, 2.24) is 16.0 Å². The average Bonchev–Trinajstić information content (AvgIpc) is 0.827. The number of esters is 3. The Balaban J connectivity index is 0.000000351. The van der Waals surface area contributed by atoms with Crippen LogP contribution >= 0.6 is 0 Å². The molecule has 0 aromatic heterocycles. The van der Waals surface area contributed by atoms with Crippen LogP contribution in [0.15, 0.2) is 0 Å². The molecule has 648 valence electrons. The predicted octanol–water partition coefficient (Wildman–Crippen LogP) is -6.57. The van der Waals surface area contributed by atoms with Gasteiger partial charge < -0.3 is 177 Å². The maximum Gasteiger partial charge on any atom is 0.338 e. The highest BCUT2D eigenvalue weighted by atomic mass is 16.8. The summed E-state index contributed by atoms with van der Waals surface area (Å²) in [4.78, 5) is 74.2. The van der Waals surface area contributed by atoms with Gasteiger partial charge in [0.2, 0.25) is 0 Å². The van der Waals surface area contributed by atoms with Gasteiger partial charge in [0.1, 0.15) is 110 Å². The number of hydrogen-bond acceptors (Lipinski definition) is 39. The van der Waals surface area contributed by atoms with Crippen molar-refractivity contribution in [2.24, 2.45) is 0 Å². The smallest absolute Gasteiger partial charge is 0.338 e. The Morgan fingerprint density at radius 1 is 0.261 bits per heavy atom. The zero-order valence-electron chi connectivity index (χ0n) is 66.0. The Morgan fingerprint density at radius 3 is 0.631 bits per heavy atom. The van der Waals surface area contributed by atoms with E-state index in [4.69, 9.17) is 99.5 Å². The monoisotopic (exact) mass is 1620 g/mol. The van der Waals surface area contributed by atoms with Gasteiger partial charge in [-0.1, -0.05) is 0 Å². The molecular weight excluding hydrogens is 1490 g/mol. The van der Waals surface area contributed by atoms with E-state index in [1.54, 1.807) is 104 Å². The molecule has 42 nitrogen and oxygen atoms in total. The molecule has 6 saturated heterocycles. The first-order valence-corrected chi connectivity index (χ1v) is 37.1. The van der Waals surface area contributed by atoms with Crippen molar-refractivity contribution in [2.45, 2.75) is 325 Å². The lowest BCUT2D eigenvalue weighted by Crippen LogP contribution is -2.63. The first-order chi connectivity index (χ1) is 52.3. The van der Waals surface area contributed by atoms with Crippen molar-refractivity contribution in [3.63, 3.8) is 0 Å². The van der Waals surface area contributed by atoms with Gasteiger partial charge in [0, 0.05) is 21.1 Å². The number of amides is 3. The Bertz CT molecular complexity index is 2450. The standard InChI is InChI=1S/3C23H41NO13/c3*1-7-31-21(30)19-16(12(25)15(28)23(37-19)35-11(4)5)32-8-9-33-22-14(27)13(26)17(34-10(2)3)18(36-22)20(29)24-6/h3*10-19,22-23,25-28H,7-9H2,1-6H3,(H,24,29)/t12-,13-,14+,15+,16+,17+,18?,19?,22?,23?;12-,13-,14+,15+,16+,17+,18?,19?,22+,23+;12-,13-,14+,15+,16+,17+,18?,19?,22-,23-/m111/s1. The fourth-order valence-corrected chi connectivity index (χ4v) is 11.9. The molecule has 6 rings (SSSR count). The zero-order chi connectivity index (χ0) is 83.6. The summed E-state index contributed by atoms with van der Waals surface area (Å²) in [6.45, 7) is 23.9. The molecule has 6 aliphatic rings. The van der Waals surface area contributed by atoms with Crippen molar-refractivity contribution in [3.8, 4) is 0 Å². The van der Waals surface area contributed by atoms with E-state index >= 15 is 0 Å². The highest BCUT2D eigenvalue weighted by molar-refractivity contribution is 5.82. The normalized spacial score (nSPS) is 36.5. The molecule has 0 aromatic carbocycles. The molecule has 0 saturated carbocycles. The quantitative estimate of drug-likeness (QED) is 0.0158. The number of aliphatic hydroxyl groups excluding tert-OH is 12. The summed E-state index contributed by atoms with van der Waals surface area (Å²) < 4.78 is 115. The fourth-order valence-electron chi connectivity index (χ4n) is 11.9. The van der Waals surface area contributed by atoms with Crippen molar-refractivity contribution in [1.29, 1.82) is 0 Å². The van der Waals surface area contributed by atoms with Gasteiger partial charge in [-0.3, -0.25) is 14.4 Å². The van der Waals surface area contributed by atoms with Crippen molar-refractivity contribution in [3.05, 3.63) is 0 Å². The van der Waals surface area contributed by atoms with Gasteiger partial charge in [0.25, 0.3) is 17.7 Å². The minimum Gasteiger partial charge on any atom is -0.464 e. The van der Waals surface area contributed by atoms with Crippen LogP contribution in [0.1, 0.15) is 104 Å². The third-order valence-electron chi connectivity index (χ3n) is 16.9. The largest absolute Gasteiger partial charge is 0.464 e. The van der Waals surface area contributed by atoms with E-state index < -0.39 is 220 Å². The summed E-state index contributed by atoms with van der Waals surface area (Å²) >= 11 is 0. The third kappa shape index (κ3) is 28.5. The SMILES string of the molecule is CCOC(=O)C1OC(OC(C)C)[C@@H](O)[C@@H](O)[C@@H]1OCCOC1OC(C(=O)NC)[C@@H](OC(C)C)[C@H](O)[C@@H]1O.CCOC(=O)C1O[C@@H](OC(C)C)[C@@H](O)[C@@H](O)[C@@H]1OCCO[C@@H]1OC(C(=O)NC)[C@@H](OC(C)C)[C@H](O)[C@@H]1O.CCOC(=O)C1O[C@H](OC(C)C)[C@@H](O)[C@@H](O)[C@@H]1OCCO[C@H]1OC(C(=O)NC)[C@@H](OC(C)C)[C@H](O)[C@@H]1O. The molecule has 42 heteroatoms. The van der Waals surface area contributed by atoms with E-state index in [9.17, 15) is 90.0 Å². The van der Waals surface area contributed by atoms with Gasteiger partial charge in [-0.15, -0.1) is 0 Å². The van der Waals surface area contributed by atoms with E-state index in [0.29, 0.717) is 0 Å². The van der Waals surface area contributed by atoms with Crippen molar-refractivity contribution >= 4 is 35.6 Å². The van der Waals surface area contributed by atoms with Crippen molar-refractivity contribution in [2.75, 3.05) is 80.6 Å². The van der Waals surface area contributed by atoms with Gasteiger partial charge in [0.15, 0.2) is 74.4 Å². The van der Waals surface area contributed by atoms with Crippen LogP contribution in [-0.4, -0.2) is 398 Å². The van der Waals surface area contributed by atoms with E-state index in [0.717, 1.165) is 0 Å². The summed E-state index contributed by atoms with van der Waals surface area (Å²) in [5.74, 6) is -4.16. The van der Waals surface area contributed by atoms with Crippen LogP contribution in [0.3, 0.4) is 0 Å². The molecule has 8 unspecified atom stereocenters. The van der Waals surface area contributed by atoms with Crippen LogP contribution < -0.4 is 16.0 Å². The van der Waals surface area contributed by atoms with Crippen molar-refractivity contribution < 1.29 is 190 Å². The van der Waals surface area contributed by atoms with E-state index in [2.05, 4.69) is 16.0 Å². The first-order valence-electron chi connectivity index (χ1n) is 37.1. The van der Waals surface area contributed by atoms with Gasteiger partial charge in [-0.2, -0.15) is 0 Å². The summed E-state index contributed by atoms with van der Waals surface area (Å²) in [6, 6.07) is 0. The Morgan fingerprint density at radius 2 is 0.441 bits per heavy atom. The topological polar surface area (TPSA) is 575 Å². The second-order valence-electron chi connectivity index (χ2n) is 27.7. The third-order valence-corrected chi connectivity index (χ3v) is 16.9. The number of ether oxygens (including phenoxy) is 21. The molecule has 6 fully saturated rings. The lowest BCUT2D eigenvalue weighted by atomic mass is 9.97. The van der Waals surface area contributed by atoms with Gasteiger partial charge in [0.05, 0.1) is 96.1 Å². The minimum atomic E-state index is -1.56. The number of likely N-dealkylation sites (N-methyl/N-ethyl adjacent to an activating group) is 3. The molecule has 111 heavy (non-hydrogen) atoms. The maximum atomic E-state index is 12.4. The summed E-state index contributed by atoms with van der Waals surface area (Å²) in [5, 5.41) is 133. The van der Waals surface area contributed by atoms with Crippen LogP contribution in [0.4, 0.5) is 0 Å². The lowest BCUT2D eigenvalue weighted by molar-refractivity contribution is -0.315. The average molecular weight is 1620 g/mol. The van der Waals surface area contributed by atoms with E-state index in [1.807, 2.05) is 0 Å². The Kier molecular flexibility index (Phi) is 43.1. The molecule has 0 bridgehead atoms. The molecule has 0 radical (unpaired) electrons. The second kappa shape index (κ2) is 48.4. The Labute approximate surface area is 644 Å². The van der Waals surface area contributed by atoms with Crippen LogP contribution in [0, 0.1) is 0 Å². The predicted molar refractivity (Wildman–Crippen MR) is 372 cm³/mol. The highest BCUT2D eigenvalue weighted by Gasteiger charge is 2.56. The number of nitrogens with one attached hydrogen (secondary N) is 3. The zero-order valence-corrected chi connectivity index (χ0v) is 66.0. The van der Waals surface area contributed by atoms with Crippen LogP contribution in [0.5, 0.6) is 0 Å². The fraction of sp³-hybridized carbons (Fsp3) is 0.913. The molecule has 6 aliphatic heterocycles. The molecule has 6 heterocycles. The number of aliphatic hydroxyl groups is 12. The number of rotatable bonds is 36. The minimum absolute atomic E-state index is 0.0517. The number of hydrogen-bond donors (Lipinski definition) is 15. The van der Waals surface area contributed by atoms with E-state index in [-0.39, 0.29) is 96.1 Å². The summed E-state index contributed by atoms with van der Waals surface area (Å²) in [6.07, 6.45) is -43.8. The molecule has 3 amide bonds. The summed E-state index contributed by atoms with van der Waals surface area (Å²) in [7, 11) is 4.17. The first kappa shape index (κ1) is 99.0. The Hall–Kier alpha value is -4.38. The number of carbonyl (C=O) groups is 6. The van der Waals surface area contributed by atoms with Gasteiger partial charge in [-0.05, 0) is 104 Å². The highest BCUT2D eigenvalue weighted by Crippen LogP contribution is 2.33.